The van der Waals surface area contributed by atoms with E-state index in [4.69, 9.17) is 9.47 Å². The number of ether oxygens (including phenoxy) is 2. The molecule has 0 saturated carbocycles. The zero-order valence-electron chi connectivity index (χ0n) is 11.3. The van der Waals surface area contributed by atoms with Crippen molar-refractivity contribution in [3.63, 3.8) is 0 Å². The molecule has 2 aromatic carbocycles. The summed E-state index contributed by atoms with van der Waals surface area (Å²) in [6.45, 7) is 2.03. The van der Waals surface area contributed by atoms with Crippen molar-refractivity contribution in [2.24, 2.45) is 0 Å². The van der Waals surface area contributed by atoms with E-state index in [1.165, 1.54) is 5.56 Å². The highest BCUT2D eigenvalue weighted by molar-refractivity contribution is 5.84. The molecule has 3 heteroatoms. The van der Waals surface area contributed by atoms with Crippen molar-refractivity contribution in [2.75, 3.05) is 14.2 Å². The molecule has 0 aliphatic carbocycles. The van der Waals surface area contributed by atoms with Crippen LogP contribution in [0.1, 0.15) is 15.9 Å². The highest BCUT2D eigenvalue weighted by Gasteiger charge is 2.13. The molecule has 0 amide bonds. The van der Waals surface area contributed by atoms with Crippen LogP contribution >= 0.6 is 0 Å². The van der Waals surface area contributed by atoms with Crippen molar-refractivity contribution in [1.82, 2.24) is 0 Å². The van der Waals surface area contributed by atoms with Crippen LogP contribution in [0.4, 0.5) is 0 Å². The average Bonchev–Trinajstić information content (AvgIpc) is 2.46. The van der Waals surface area contributed by atoms with Gasteiger partial charge in [0.25, 0.3) is 0 Å². The van der Waals surface area contributed by atoms with Gasteiger partial charge >= 0.3 is 0 Å². The van der Waals surface area contributed by atoms with Crippen LogP contribution < -0.4 is 9.47 Å². The Morgan fingerprint density at radius 3 is 2.21 bits per heavy atom. The Morgan fingerprint density at radius 2 is 1.68 bits per heavy atom. The van der Waals surface area contributed by atoms with E-state index < -0.39 is 0 Å². The lowest BCUT2D eigenvalue weighted by molar-refractivity contribution is 0.112. The lowest BCUT2D eigenvalue weighted by atomic mass is 10.0. The lowest BCUT2D eigenvalue weighted by Crippen LogP contribution is -1.95. The summed E-state index contributed by atoms with van der Waals surface area (Å²) in [4.78, 5) is 11.0. The molecule has 3 nitrogen and oxygen atoms in total. The van der Waals surface area contributed by atoms with Crippen molar-refractivity contribution >= 4 is 6.29 Å². The number of rotatable bonds is 4. The molecule has 0 saturated heterocycles. The SMILES string of the molecule is COc1cc(C=O)cc(-c2ccc(C)cc2)c1OC. The minimum Gasteiger partial charge on any atom is -0.493 e. The van der Waals surface area contributed by atoms with Crippen molar-refractivity contribution in [3.05, 3.63) is 47.5 Å². The summed E-state index contributed by atoms with van der Waals surface area (Å²) < 4.78 is 10.7. The number of hydrogen-bond donors (Lipinski definition) is 0. The number of methoxy groups -OCH3 is 2. The molecular formula is C16H16O3. The normalized spacial score (nSPS) is 10.1. The van der Waals surface area contributed by atoms with Gasteiger partial charge in [-0.15, -0.1) is 0 Å². The van der Waals surface area contributed by atoms with E-state index in [-0.39, 0.29) is 0 Å². The maximum atomic E-state index is 11.0. The molecule has 2 aromatic rings. The second-order valence-electron chi connectivity index (χ2n) is 4.29. The topological polar surface area (TPSA) is 35.5 Å². The fourth-order valence-electron chi connectivity index (χ4n) is 2.00. The summed E-state index contributed by atoms with van der Waals surface area (Å²) in [6.07, 6.45) is 0.805. The van der Waals surface area contributed by atoms with Gasteiger partial charge in [-0.05, 0) is 24.6 Å². The van der Waals surface area contributed by atoms with E-state index in [1.54, 1.807) is 26.4 Å². The molecule has 0 aliphatic rings. The molecule has 0 fully saturated rings. The van der Waals surface area contributed by atoms with E-state index in [0.717, 1.165) is 17.4 Å². The quantitative estimate of drug-likeness (QED) is 0.785. The Morgan fingerprint density at radius 1 is 1.00 bits per heavy atom. The molecule has 0 atom stereocenters. The Balaban J connectivity index is 2.65. The van der Waals surface area contributed by atoms with Gasteiger partial charge in [0.05, 0.1) is 14.2 Å². The molecule has 0 heterocycles. The van der Waals surface area contributed by atoms with Crippen LogP contribution in [-0.2, 0) is 0 Å². The van der Waals surface area contributed by atoms with Gasteiger partial charge in [-0.3, -0.25) is 4.79 Å². The van der Waals surface area contributed by atoms with E-state index in [2.05, 4.69) is 0 Å². The third-order valence-corrected chi connectivity index (χ3v) is 3.00. The summed E-state index contributed by atoms with van der Waals surface area (Å²) in [5.41, 5.74) is 3.59. The number of aryl methyl sites for hydroxylation is 1. The standard InChI is InChI=1S/C16H16O3/c1-11-4-6-13(7-5-11)14-8-12(10-17)9-15(18-2)16(14)19-3/h4-10H,1-3H3. The first-order chi connectivity index (χ1) is 9.19. The maximum Gasteiger partial charge on any atom is 0.168 e. The minimum atomic E-state index is 0.558. The van der Waals surface area contributed by atoms with Crippen LogP contribution in [0.25, 0.3) is 11.1 Å². The maximum absolute atomic E-state index is 11.0. The lowest BCUT2D eigenvalue weighted by Gasteiger charge is -2.14. The van der Waals surface area contributed by atoms with Crippen molar-refractivity contribution in [1.29, 1.82) is 0 Å². The van der Waals surface area contributed by atoms with Crippen LogP contribution in [0.5, 0.6) is 11.5 Å². The highest BCUT2D eigenvalue weighted by Crippen LogP contribution is 2.38. The zero-order chi connectivity index (χ0) is 13.8. The van der Waals surface area contributed by atoms with Crippen molar-refractivity contribution < 1.29 is 14.3 Å². The van der Waals surface area contributed by atoms with Gasteiger partial charge in [-0.1, -0.05) is 29.8 Å². The Labute approximate surface area is 112 Å². The Kier molecular flexibility index (Phi) is 3.85. The molecule has 0 aromatic heterocycles. The largest absolute Gasteiger partial charge is 0.493 e. The smallest absolute Gasteiger partial charge is 0.168 e. The number of benzene rings is 2. The summed E-state index contributed by atoms with van der Waals surface area (Å²) in [7, 11) is 3.15. The van der Waals surface area contributed by atoms with Crippen LogP contribution in [0.2, 0.25) is 0 Å². The second-order valence-corrected chi connectivity index (χ2v) is 4.29. The van der Waals surface area contributed by atoms with Gasteiger partial charge in [0, 0.05) is 11.1 Å². The van der Waals surface area contributed by atoms with E-state index >= 15 is 0 Å². The van der Waals surface area contributed by atoms with Crippen molar-refractivity contribution in [2.45, 2.75) is 6.92 Å². The Bertz CT molecular complexity index is 586. The third-order valence-electron chi connectivity index (χ3n) is 3.00. The Hall–Kier alpha value is -2.29. The van der Waals surface area contributed by atoms with E-state index in [1.807, 2.05) is 31.2 Å². The molecular weight excluding hydrogens is 240 g/mol. The monoisotopic (exact) mass is 256 g/mol. The summed E-state index contributed by atoms with van der Waals surface area (Å²) in [5.74, 6) is 1.19. The molecule has 0 spiro atoms. The summed E-state index contributed by atoms with van der Waals surface area (Å²) in [5, 5.41) is 0. The third kappa shape index (κ3) is 2.60. The molecule has 0 bridgehead atoms. The summed E-state index contributed by atoms with van der Waals surface area (Å²) in [6, 6.07) is 11.5. The molecule has 0 N–H and O–H groups in total. The molecule has 2 rings (SSSR count). The predicted molar refractivity (Wildman–Crippen MR) is 75.1 cm³/mol. The molecule has 98 valence electrons. The molecule has 0 radical (unpaired) electrons. The van der Waals surface area contributed by atoms with Crippen LogP contribution in [0.3, 0.4) is 0 Å². The fourth-order valence-corrected chi connectivity index (χ4v) is 2.00. The van der Waals surface area contributed by atoms with Crippen LogP contribution in [-0.4, -0.2) is 20.5 Å². The van der Waals surface area contributed by atoms with Gasteiger partial charge in [0.2, 0.25) is 0 Å². The molecule has 19 heavy (non-hydrogen) atoms. The first-order valence-electron chi connectivity index (χ1n) is 5.98. The molecule has 0 aliphatic heterocycles. The van der Waals surface area contributed by atoms with Gasteiger partial charge in [0.1, 0.15) is 6.29 Å². The van der Waals surface area contributed by atoms with Crippen LogP contribution in [0, 0.1) is 6.92 Å². The predicted octanol–water partition coefficient (Wildman–Crippen LogP) is 3.49. The fraction of sp³-hybridized carbons (Fsp3) is 0.188. The second kappa shape index (κ2) is 5.57. The van der Waals surface area contributed by atoms with Gasteiger partial charge in [-0.2, -0.15) is 0 Å². The zero-order valence-corrected chi connectivity index (χ0v) is 11.3. The first-order valence-corrected chi connectivity index (χ1v) is 5.98. The van der Waals surface area contributed by atoms with Gasteiger partial charge in [-0.25, -0.2) is 0 Å². The number of aldehydes is 1. The van der Waals surface area contributed by atoms with Gasteiger partial charge in [0.15, 0.2) is 11.5 Å². The van der Waals surface area contributed by atoms with Crippen molar-refractivity contribution in [3.8, 4) is 22.6 Å². The number of carbonyl (C=O) groups excluding carboxylic acids is 1. The van der Waals surface area contributed by atoms with Gasteiger partial charge < -0.3 is 9.47 Å². The van der Waals surface area contributed by atoms with Crippen LogP contribution in [0.15, 0.2) is 36.4 Å². The average molecular weight is 256 g/mol. The number of hydrogen-bond acceptors (Lipinski definition) is 3. The van der Waals surface area contributed by atoms with E-state index in [9.17, 15) is 4.79 Å². The van der Waals surface area contributed by atoms with E-state index in [0.29, 0.717) is 17.1 Å². The number of carbonyl (C=O) groups is 1. The highest BCUT2D eigenvalue weighted by atomic mass is 16.5. The first kappa shape index (κ1) is 13.1. The minimum absolute atomic E-state index is 0.558. The molecule has 0 unspecified atom stereocenters. The summed E-state index contributed by atoms with van der Waals surface area (Å²) >= 11 is 0.